The van der Waals surface area contributed by atoms with E-state index in [0.717, 1.165) is 0 Å². The predicted octanol–water partition coefficient (Wildman–Crippen LogP) is 1.76. The first-order chi connectivity index (χ1) is 8.45. The van der Waals surface area contributed by atoms with Crippen molar-refractivity contribution >= 4 is 11.7 Å². The van der Waals surface area contributed by atoms with Crippen molar-refractivity contribution in [3.8, 4) is 0 Å². The quantitative estimate of drug-likeness (QED) is 0.490. The molecule has 1 aromatic rings. The van der Waals surface area contributed by atoms with Gasteiger partial charge in [0.1, 0.15) is 0 Å². The normalized spacial score (nSPS) is 13.7. The van der Waals surface area contributed by atoms with Crippen LogP contribution in [0.1, 0.15) is 25.8 Å². The highest BCUT2D eigenvalue weighted by atomic mass is 16.6. The van der Waals surface area contributed by atoms with Crippen molar-refractivity contribution < 1.29 is 19.6 Å². The first-order valence-corrected chi connectivity index (χ1v) is 5.60. The zero-order valence-corrected chi connectivity index (χ0v) is 10.3. The SMILES string of the molecule is CCOC(=O)C(O)(CC)c1ccc([N+](=O)[O-])cc1. The maximum Gasteiger partial charge on any atom is 0.342 e. The third-order valence-corrected chi connectivity index (χ3v) is 2.68. The second kappa shape index (κ2) is 5.59. The van der Waals surface area contributed by atoms with E-state index in [0.29, 0.717) is 0 Å². The summed E-state index contributed by atoms with van der Waals surface area (Å²) in [6.45, 7) is 3.44. The van der Waals surface area contributed by atoms with Crippen LogP contribution in [0.15, 0.2) is 24.3 Å². The van der Waals surface area contributed by atoms with Crippen LogP contribution in [0.25, 0.3) is 0 Å². The number of aliphatic hydroxyl groups is 1. The lowest BCUT2D eigenvalue weighted by Crippen LogP contribution is -2.36. The summed E-state index contributed by atoms with van der Waals surface area (Å²) in [7, 11) is 0. The van der Waals surface area contributed by atoms with Crippen molar-refractivity contribution in [2.45, 2.75) is 25.9 Å². The standard InChI is InChI=1S/C12H15NO5/c1-3-12(15,11(14)18-4-2)9-5-7-10(8-6-9)13(16)17/h5-8,15H,3-4H2,1-2H3. The molecule has 0 bridgehead atoms. The van der Waals surface area contributed by atoms with Gasteiger partial charge in [0.05, 0.1) is 11.5 Å². The summed E-state index contributed by atoms with van der Waals surface area (Å²) in [5.41, 5.74) is -1.57. The molecular formula is C12H15NO5. The van der Waals surface area contributed by atoms with Gasteiger partial charge >= 0.3 is 5.97 Å². The molecule has 1 N–H and O–H groups in total. The molecule has 0 radical (unpaired) electrons. The average molecular weight is 253 g/mol. The number of ether oxygens (including phenoxy) is 1. The van der Waals surface area contributed by atoms with Crippen LogP contribution in [0, 0.1) is 10.1 Å². The van der Waals surface area contributed by atoms with E-state index in [1.807, 2.05) is 0 Å². The van der Waals surface area contributed by atoms with Gasteiger partial charge in [0.25, 0.3) is 5.69 Å². The van der Waals surface area contributed by atoms with E-state index in [1.54, 1.807) is 13.8 Å². The number of nitrogens with zero attached hydrogens (tertiary/aromatic N) is 1. The Labute approximate surface area is 104 Å². The van der Waals surface area contributed by atoms with Gasteiger partial charge in [-0.05, 0) is 31.0 Å². The summed E-state index contributed by atoms with van der Waals surface area (Å²) >= 11 is 0. The molecule has 98 valence electrons. The molecule has 0 aliphatic carbocycles. The van der Waals surface area contributed by atoms with Crippen molar-refractivity contribution in [3.05, 3.63) is 39.9 Å². The molecule has 0 fully saturated rings. The van der Waals surface area contributed by atoms with Crippen molar-refractivity contribution in [1.29, 1.82) is 0 Å². The Morgan fingerprint density at radius 3 is 2.33 bits per heavy atom. The van der Waals surface area contributed by atoms with Crippen LogP contribution in [0.5, 0.6) is 0 Å². The van der Waals surface area contributed by atoms with Gasteiger partial charge in [0.2, 0.25) is 0 Å². The van der Waals surface area contributed by atoms with Gasteiger partial charge in [-0.15, -0.1) is 0 Å². The fraction of sp³-hybridized carbons (Fsp3) is 0.417. The number of carbonyl (C=O) groups excluding carboxylic acids is 1. The maximum atomic E-state index is 11.7. The molecule has 1 rings (SSSR count). The molecule has 0 aromatic heterocycles. The van der Waals surface area contributed by atoms with Crippen molar-refractivity contribution in [1.82, 2.24) is 0 Å². The first-order valence-electron chi connectivity index (χ1n) is 5.60. The van der Waals surface area contributed by atoms with E-state index in [4.69, 9.17) is 4.74 Å². The van der Waals surface area contributed by atoms with Gasteiger partial charge in [-0.25, -0.2) is 4.79 Å². The Kier molecular flexibility index (Phi) is 4.38. The number of hydrogen-bond donors (Lipinski definition) is 1. The minimum atomic E-state index is -1.76. The Hall–Kier alpha value is -1.95. The lowest BCUT2D eigenvalue weighted by Gasteiger charge is -2.24. The van der Waals surface area contributed by atoms with Gasteiger partial charge < -0.3 is 9.84 Å². The number of benzene rings is 1. The number of carbonyl (C=O) groups is 1. The van der Waals surface area contributed by atoms with Crippen LogP contribution in [0.4, 0.5) is 5.69 Å². The van der Waals surface area contributed by atoms with E-state index >= 15 is 0 Å². The lowest BCUT2D eigenvalue weighted by molar-refractivity contribution is -0.384. The van der Waals surface area contributed by atoms with Gasteiger partial charge in [-0.1, -0.05) is 6.92 Å². The number of non-ortho nitro benzene ring substituents is 1. The Morgan fingerprint density at radius 1 is 1.39 bits per heavy atom. The summed E-state index contributed by atoms with van der Waals surface area (Å²) in [4.78, 5) is 21.7. The van der Waals surface area contributed by atoms with Crippen molar-refractivity contribution in [3.63, 3.8) is 0 Å². The topological polar surface area (TPSA) is 89.7 Å². The third-order valence-electron chi connectivity index (χ3n) is 2.68. The molecule has 0 saturated carbocycles. The zero-order valence-electron chi connectivity index (χ0n) is 10.3. The second-order valence-electron chi connectivity index (χ2n) is 3.74. The van der Waals surface area contributed by atoms with E-state index in [9.17, 15) is 20.0 Å². The largest absolute Gasteiger partial charge is 0.464 e. The monoisotopic (exact) mass is 253 g/mol. The fourth-order valence-electron chi connectivity index (χ4n) is 1.58. The predicted molar refractivity (Wildman–Crippen MR) is 63.9 cm³/mol. The summed E-state index contributed by atoms with van der Waals surface area (Å²) in [6.07, 6.45) is 0.129. The Balaban J connectivity index is 3.08. The van der Waals surface area contributed by atoms with Crippen molar-refractivity contribution in [2.75, 3.05) is 6.61 Å². The van der Waals surface area contributed by atoms with Gasteiger partial charge in [0.15, 0.2) is 5.60 Å². The van der Waals surface area contributed by atoms with E-state index < -0.39 is 16.5 Å². The second-order valence-corrected chi connectivity index (χ2v) is 3.74. The molecule has 0 aliphatic heterocycles. The van der Waals surface area contributed by atoms with Crippen LogP contribution in [0.2, 0.25) is 0 Å². The van der Waals surface area contributed by atoms with Crippen LogP contribution >= 0.6 is 0 Å². The van der Waals surface area contributed by atoms with Crippen LogP contribution in [0.3, 0.4) is 0 Å². The van der Waals surface area contributed by atoms with Gasteiger partial charge in [-0.3, -0.25) is 10.1 Å². The molecule has 0 heterocycles. The number of nitro benzene ring substituents is 1. The molecule has 18 heavy (non-hydrogen) atoms. The van der Waals surface area contributed by atoms with Gasteiger partial charge in [0, 0.05) is 12.1 Å². The third kappa shape index (κ3) is 2.65. The lowest BCUT2D eigenvalue weighted by atomic mass is 9.91. The highest BCUT2D eigenvalue weighted by Gasteiger charge is 2.37. The fourth-order valence-corrected chi connectivity index (χ4v) is 1.58. The summed E-state index contributed by atoms with van der Waals surface area (Å²) < 4.78 is 4.81. The molecule has 0 aliphatic rings. The van der Waals surface area contributed by atoms with Crippen LogP contribution < -0.4 is 0 Å². The molecule has 0 spiro atoms. The smallest absolute Gasteiger partial charge is 0.342 e. The molecule has 1 atom stereocenters. The number of nitro groups is 1. The molecule has 0 amide bonds. The minimum Gasteiger partial charge on any atom is -0.464 e. The van der Waals surface area contributed by atoms with Crippen LogP contribution in [-0.2, 0) is 15.1 Å². The summed E-state index contributed by atoms with van der Waals surface area (Å²) in [5.74, 6) is -0.749. The highest BCUT2D eigenvalue weighted by molar-refractivity contribution is 5.81. The first kappa shape index (κ1) is 14.1. The van der Waals surface area contributed by atoms with Crippen molar-refractivity contribution in [2.24, 2.45) is 0 Å². The number of rotatable bonds is 5. The minimum absolute atomic E-state index is 0.0962. The van der Waals surface area contributed by atoms with Crippen LogP contribution in [-0.4, -0.2) is 22.6 Å². The molecule has 1 aromatic carbocycles. The molecule has 6 nitrogen and oxygen atoms in total. The highest BCUT2D eigenvalue weighted by Crippen LogP contribution is 2.28. The van der Waals surface area contributed by atoms with E-state index in [1.165, 1.54) is 24.3 Å². The maximum absolute atomic E-state index is 11.7. The Morgan fingerprint density at radius 2 is 1.94 bits per heavy atom. The Bertz CT molecular complexity index is 442. The average Bonchev–Trinajstić information content (AvgIpc) is 2.38. The summed E-state index contributed by atoms with van der Waals surface area (Å²) in [6, 6.07) is 5.21. The molecular weight excluding hydrogens is 238 g/mol. The number of hydrogen-bond acceptors (Lipinski definition) is 5. The molecule has 0 saturated heterocycles. The number of esters is 1. The van der Waals surface area contributed by atoms with Gasteiger partial charge in [-0.2, -0.15) is 0 Å². The molecule has 1 unspecified atom stereocenters. The van der Waals surface area contributed by atoms with E-state index in [2.05, 4.69) is 0 Å². The zero-order chi connectivity index (χ0) is 13.8. The van der Waals surface area contributed by atoms with E-state index in [-0.39, 0.29) is 24.3 Å². The molecule has 6 heteroatoms. The summed E-state index contributed by atoms with van der Waals surface area (Å²) in [5, 5.41) is 20.8.